The smallest absolute Gasteiger partial charge is 0.258 e. The summed E-state index contributed by atoms with van der Waals surface area (Å²) in [7, 11) is 1.63. The first-order valence-corrected chi connectivity index (χ1v) is 9.78. The lowest BCUT2D eigenvalue weighted by Crippen LogP contribution is -2.71. The van der Waals surface area contributed by atoms with Crippen molar-refractivity contribution in [3.8, 4) is 5.75 Å². The van der Waals surface area contributed by atoms with Gasteiger partial charge in [-0.1, -0.05) is 60.1 Å². The normalized spacial score (nSPS) is 20.0. The third-order valence-corrected chi connectivity index (χ3v) is 6.26. The number of carbonyl (C=O) groups is 1. The van der Waals surface area contributed by atoms with Crippen LogP contribution in [0.2, 0.25) is 0 Å². The molecule has 138 valence electrons. The molecule has 3 rings (SSSR count). The molecule has 2 aromatic carbocycles. The van der Waals surface area contributed by atoms with Crippen molar-refractivity contribution >= 4 is 27.5 Å². The number of anilines is 1. The molecule has 2 aromatic rings. The standard InChI is InChI=1S/C21H24BrNO3/c1-21(2,14-22)19-18(26-13-15-7-5-4-6-8-15)20(24)23(19)16-9-11-17(25-3)12-10-16/h4-12,18-19H,13-14H2,1-3H3/t18-,19+/m1/s1. The highest BCUT2D eigenvalue weighted by atomic mass is 79.9. The summed E-state index contributed by atoms with van der Waals surface area (Å²) in [5.74, 6) is 0.778. The van der Waals surface area contributed by atoms with Gasteiger partial charge in [0.05, 0.1) is 19.8 Å². The molecule has 26 heavy (non-hydrogen) atoms. The summed E-state index contributed by atoms with van der Waals surface area (Å²) in [5, 5.41) is 0.774. The van der Waals surface area contributed by atoms with E-state index >= 15 is 0 Å². The van der Waals surface area contributed by atoms with Crippen LogP contribution in [0.15, 0.2) is 54.6 Å². The van der Waals surface area contributed by atoms with E-state index < -0.39 is 6.10 Å². The Bertz CT molecular complexity index is 746. The van der Waals surface area contributed by atoms with Gasteiger partial charge in [-0.2, -0.15) is 0 Å². The minimum absolute atomic E-state index is 0.00474. The van der Waals surface area contributed by atoms with E-state index in [0.29, 0.717) is 6.61 Å². The molecule has 0 aliphatic carbocycles. The van der Waals surface area contributed by atoms with Crippen LogP contribution in [0.1, 0.15) is 19.4 Å². The van der Waals surface area contributed by atoms with Crippen molar-refractivity contribution in [3.63, 3.8) is 0 Å². The number of methoxy groups -OCH3 is 1. The fourth-order valence-electron chi connectivity index (χ4n) is 3.25. The summed E-state index contributed by atoms with van der Waals surface area (Å²) in [5.41, 5.74) is 1.81. The Hall–Kier alpha value is -1.85. The molecular weight excluding hydrogens is 394 g/mol. The van der Waals surface area contributed by atoms with Crippen molar-refractivity contribution in [1.82, 2.24) is 0 Å². The highest BCUT2D eigenvalue weighted by Gasteiger charge is 2.55. The molecule has 0 N–H and O–H groups in total. The van der Waals surface area contributed by atoms with Crippen molar-refractivity contribution in [2.24, 2.45) is 5.41 Å². The number of carbonyl (C=O) groups excluding carboxylic acids is 1. The number of β-lactam (4-membered cyclic amide) rings is 1. The van der Waals surface area contributed by atoms with E-state index in [2.05, 4.69) is 29.8 Å². The van der Waals surface area contributed by atoms with Crippen LogP contribution in [0.5, 0.6) is 5.75 Å². The molecule has 1 aliphatic heterocycles. The maximum atomic E-state index is 12.9. The first-order chi connectivity index (χ1) is 12.5. The Morgan fingerprint density at radius 2 is 1.73 bits per heavy atom. The first kappa shape index (κ1) is 18.9. The van der Waals surface area contributed by atoms with E-state index in [1.54, 1.807) is 7.11 Å². The first-order valence-electron chi connectivity index (χ1n) is 8.66. The van der Waals surface area contributed by atoms with Crippen LogP contribution in [-0.2, 0) is 16.1 Å². The minimum atomic E-state index is -0.440. The second-order valence-electron chi connectivity index (χ2n) is 7.19. The molecule has 0 bridgehead atoms. The minimum Gasteiger partial charge on any atom is -0.497 e. The average molecular weight is 418 g/mol. The van der Waals surface area contributed by atoms with Crippen molar-refractivity contribution in [1.29, 1.82) is 0 Å². The molecule has 0 radical (unpaired) electrons. The van der Waals surface area contributed by atoms with Gasteiger partial charge in [-0.25, -0.2) is 0 Å². The second kappa shape index (κ2) is 7.80. The molecule has 2 atom stereocenters. The fraction of sp³-hybridized carbons (Fsp3) is 0.381. The Balaban J connectivity index is 1.80. The van der Waals surface area contributed by atoms with E-state index in [1.807, 2.05) is 59.5 Å². The molecule has 4 nitrogen and oxygen atoms in total. The predicted octanol–water partition coefficient (Wildman–Crippen LogP) is 4.42. The van der Waals surface area contributed by atoms with Gasteiger partial charge in [-0.3, -0.25) is 4.79 Å². The average Bonchev–Trinajstić information content (AvgIpc) is 2.67. The lowest BCUT2D eigenvalue weighted by atomic mass is 9.76. The van der Waals surface area contributed by atoms with Gasteiger partial charge in [0.15, 0.2) is 6.10 Å². The van der Waals surface area contributed by atoms with Gasteiger partial charge in [-0.15, -0.1) is 0 Å². The van der Waals surface area contributed by atoms with Crippen molar-refractivity contribution in [3.05, 3.63) is 60.2 Å². The number of alkyl halides is 1. The van der Waals surface area contributed by atoms with Crippen LogP contribution in [0, 0.1) is 5.41 Å². The van der Waals surface area contributed by atoms with Crippen LogP contribution in [-0.4, -0.2) is 30.5 Å². The highest BCUT2D eigenvalue weighted by molar-refractivity contribution is 9.09. The number of benzene rings is 2. The van der Waals surface area contributed by atoms with Crippen LogP contribution in [0.25, 0.3) is 0 Å². The molecule has 1 heterocycles. The molecule has 0 saturated carbocycles. The zero-order chi connectivity index (χ0) is 18.7. The van der Waals surface area contributed by atoms with Gasteiger partial charge >= 0.3 is 0 Å². The van der Waals surface area contributed by atoms with Crippen LogP contribution in [0.4, 0.5) is 5.69 Å². The van der Waals surface area contributed by atoms with Crippen LogP contribution in [0.3, 0.4) is 0 Å². The number of nitrogens with zero attached hydrogens (tertiary/aromatic N) is 1. The number of halogens is 1. The largest absolute Gasteiger partial charge is 0.497 e. The van der Waals surface area contributed by atoms with Gasteiger partial charge in [0.1, 0.15) is 5.75 Å². The molecular formula is C21H24BrNO3. The zero-order valence-electron chi connectivity index (χ0n) is 15.3. The Kier molecular flexibility index (Phi) is 5.68. The van der Waals surface area contributed by atoms with Crippen LogP contribution < -0.4 is 9.64 Å². The van der Waals surface area contributed by atoms with Gasteiger partial charge in [-0.05, 0) is 35.2 Å². The van der Waals surface area contributed by atoms with E-state index in [4.69, 9.17) is 9.47 Å². The topological polar surface area (TPSA) is 38.8 Å². The van der Waals surface area contributed by atoms with Crippen LogP contribution >= 0.6 is 15.9 Å². The van der Waals surface area contributed by atoms with Gasteiger partial charge in [0.2, 0.25) is 0 Å². The van der Waals surface area contributed by atoms with E-state index in [-0.39, 0.29) is 17.4 Å². The van der Waals surface area contributed by atoms with E-state index in [0.717, 1.165) is 22.3 Å². The van der Waals surface area contributed by atoms with Crippen molar-refractivity contribution in [2.45, 2.75) is 32.6 Å². The monoisotopic (exact) mass is 417 g/mol. The number of rotatable bonds is 7. The third-order valence-electron chi connectivity index (χ3n) is 4.81. The van der Waals surface area contributed by atoms with Gasteiger partial charge in [0, 0.05) is 11.0 Å². The maximum absolute atomic E-state index is 12.9. The van der Waals surface area contributed by atoms with Crippen molar-refractivity contribution < 1.29 is 14.3 Å². The lowest BCUT2D eigenvalue weighted by molar-refractivity contribution is -0.148. The number of hydrogen-bond donors (Lipinski definition) is 0. The molecule has 0 unspecified atom stereocenters. The third kappa shape index (κ3) is 3.64. The molecule has 1 amide bonds. The Labute approximate surface area is 163 Å². The molecule has 0 spiro atoms. The summed E-state index contributed by atoms with van der Waals surface area (Å²) in [6, 6.07) is 17.5. The van der Waals surface area contributed by atoms with E-state index in [1.165, 1.54) is 0 Å². The molecule has 1 aliphatic rings. The maximum Gasteiger partial charge on any atom is 0.258 e. The number of hydrogen-bond acceptors (Lipinski definition) is 3. The highest BCUT2D eigenvalue weighted by Crippen LogP contribution is 2.42. The Morgan fingerprint density at radius 1 is 1.08 bits per heavy atom. The zero-order valence-corrected chi connectivity index (χ0v) is 16.9. The molecule has 0 aromatic heterocycles. The van der Waals surface area contributed by atoms with E-state index in [9.17, 15) is 4.79 Å². The van der Waals surface area contributed by atoms with Gasteiger partial charge in [0.25, 0.3) is 5.91 Å². The summed E-state index contributed by atoms with van der Waals surface area (Å²) < 4.78 is 11.3. The SMILES string of the molecule is COc1ccc(N2C(=O)[C@H](OCc3ccccc3)[C@H]2C(C)(C)CBr)cc1. The van der Waals surface area contributed by atoms with Gasteiger partial charge < -0.3 is 14.4 Å². The molecule has 5 heteroatoms. The fourth-order valence-corrected chi connectivity index (χ4v) is 3.59. The molecule has 1 saturated heterocycles. The summed E-state index contributed by atoms with van der Waals surface area (Å²) in [6.45, 7) is 4.73. The Morgan fingerprint density at radius 3 is 2.31 bits per heavy atom. The van der Waals surface area contributed by atoms with Crippen molar-refractivity contribution in [2.75, 3.05) is 17.3 Å². The number of amides is 1. The quantitative estimate of drug-likeness (QED) is 0.494. The lowest BCUT2D eigenvalue weighted by Gasteiger charge is -2.53. The summed E-state index contributed by atoms with van der Waals surface area (Å²) >= 11 is 3.60. The summed E-state index contributed by atoms with van der Waals surface area (Å²) in [4.78, 5) is 14.7. The second-order valence-corrected chi connectivity index (χ2v) is 7.75. The molecule has 1 fully saturated rings. The number of ether oxygens (including phenoxy) is 2. The predicted molar refractivity (Wildman–Crippen MR) is 107 cm³/mol. The summed E-state index contributed by atoms with van der Waals surface area (Å²) in [6.07, 6.45) is -0.440.